The molecule has 5 nitrogen and oxygen atoms in total. The lowest BCUT2D eigenvalue weighted by Crippen LogP contribution is -2.26. The van der Waals surface area contributed by atoms with Gasteiger partial charge in [0, 0.05) is 23.2 Å². The molecule has 2 aromatic rings. The Morgan fingerprint density at radius 2 is 2.25 bits per heavy atom. The van der Waals surface area contributed by atoms with Crippen LogP contribution in [0, 0.1) is 5.92 Å². The first kappa shape index (κ1) is 15.8. The van der Waals surface area contributed by atoms with Gasteiger partial charge in [-0.15, -0.1) is 21.5 Å². The molecule has 1 atom stereocenters. The van der Waals surface area contributed by atoms with Gasteiger partial charge >= 0.3 is 0 Å². The maximum atomic E-state index is 12.6. The van der Waals surface area contributed by atoms with E-state index in [4.69, 9.17) is 0 Å². The van der Waals surface area contributed by atoms with Crippen molar-refractivity contribution in [1.82, 2.24) is 20.1 Å². The van der Waals surface area contributed by atoms with Crippen molar-refractivity contribution in [1.29, 1.82) is 0 Å². The van der Waals surface area contributed by atoms with Crippen molar-refractivity contribution in [2.75, 3.05) is 0 Å². The van der Waals surface area contributed by atoms with Crippen molar-refractivity contribution in [2.45, 2.75) is 65.0 Å². The number of thiophene rings is 1. The lowest BCUT2D eigenvalue weighted by Gasteiger charge is -2.18. The average molecular weight is 344 g/mol. The monoisotopic (exact) mass is 344 g/mol. The lowest BCUT2D eigenvalue weighted by molar-refractivity contribution is 0.0948. The summed E-state index contributed by atoms with van der Waals surface area (Å²) in [6, 6.07) is 0. The molecule has 0 saturated heterocycles. The summed E-state index contributed by atoms with van der Waals surface area (Å²) in [5.74, 6) is 2.73. The highest BCUT2D eigenvalue weighted by Crippen LogP contribution is 2.32. The normalized spacial score (nSPS) is 20.1. The Balaban J connectivity index is 1.45. The van der Waals surface area contributed by atoms with Crippen LogP contribution in [0.25, 0.3) is 0 Å². The fourth-order valence-electron chi connectivity index (χ4n) is 3.80. The van der Waals surface area contributed by atoms with Gasteiger partial charge in [0.05, 0.1) is 12.1 Å². The molecule has 2 aliphatic rings. The van der Waals surface area contributed by atoms with Crippen LogP contribution in [-0.2, 0) is 32.4 Å². The Labute approximate surface area is 146 Å². The number of hydrogen-bond acceptors (Lipinski definition) is 4. The third-order valence-corrected chi connectivity index (χ3v) is 6.29. The van der Waals surface area contributed by atoms with Gasteiger partial charge in [-0.2, -0.15) is 0 Å². The van der Waals surface area contributed by atoms with Crippen molar-refractivity contribution in [3.63, 3.8) is 0 Å². The van der Waals surface area contributed by atoms with E-state index in [1.54, 1.807) is 11.3 Å². The lowest BCUT2D eigenvalue weighted by atomic mass is 9.88. The molecule has 128 valence electrons. The third-order valence-electron chi connectivity index (χ3n) is 5.24. The minimum absolute atomic E-state index is 0.0352. The third kappa shape index (κ3) is 2.99. The van der Waals surface area contributed by atoms with Crippen molar-refractivity contribution in [3.05, 3.63) is 33.0 Å². The minimum Gasteiger partial charge on any atom is -0.345 e. The van der Waals surface area contributed by atoms with E-state index in [0.29, 0.717) is 6.54 Å². The Kier molecular flexibility index (Phi) is 4.39. The molecule has 3 heterocycles. The van der Waals surface area contributed by atoms with Gasteiger partial charge in [0.15, 0.2) is 5.82 Å². The van der Waals surface area contributed by atoms with E-state index in [0.717, 1.165) is 48.9 Å². The van der Waals surface area contributed by atoms with Gasteiger partial charge < -0.3 is 9.88 Å². The molecular weight excluding hydrogens is 320 g/mol. The number of fused-ring (bicyclic) bond motifs is 2. The van der Waals surface area contributed by atoms with Gasteiger partial charge in [0.25, 0.3) is 5.91 Å². The van der Waals surface area contributed by atoms with Crippen LogP contribution in [0.15, 0.2) is 5.38 Å². The number of nitrogens with zero attached hydrogens (tertiary/aromatic N) is 3. The molecule has 1 aliphatic heterocycles. The first-order valence-corrected chi connectivity index (χ1v) is 9.88. The van der Waals surface area contributed by atoms with Crippen LogP contribution in [0.5, 0.6) is 0 Å². The zero-order valence-corrected chi connectivity index (χ0v) is 15.0. The number of carbonyl (C=O) groups is 1. The van der Waals surface area contributed by atoms with E-state index in [9.17, 15) is 4.79 Å². The number of nitrogens with one attached hydrogen (secondary N) is 1. The summed E-state index contributed by atoms with van der Waals surface area (Å²) in [6.45, 7) is 3.73. The van der Waals surface area contributed by atoms with E-state index < -0.39 is 0 Å². The smallest absolute Gasteiger partial charge is 0.252 e. The SMILES string of the molecule is C[C@@H]1CCc2c(C(=O)NCc3nnc4n3CCCCC4)csc2C1. The molecule has 4 rings (SSSR count). The largest absolute Gasteiger partial charge is 0.345 e. The summed E-state index contributed by atoms with van der Waals surface area (Å²) in [7, 11) is 0. The van der Waals surface area contributed by atoms with Gasteiger partial charge in [0.2, 0.25) is 0 Å². The predicted molar refractivity (Wildman–Crippen MR) is 94.3 cm³/mol. The Hall–Kier alpha value is -1.69. The summed E-state index contributed by atoms with van der Waals surface area (Å²) in [5.41, 5.74) is 2.15. The molecule has 1 N–H and O–H groups in total. The summed E-state index contributed by atoms with van der Waals surface area (Å²) >= 11 is 1.74. The predicted octanol–water partition coefficient (Wildman–Crippen LogP) is 3.12. The van der Waals surface area contributed by atoms with E-state index in [1.807, 2.05) is 5.38 Å². The molecule has 2 aromatic heterocycles. The maximum Gasteiger partial charge on any atom is 0.252 e. The van der Waals surface area contributed by atoms with E-state index in [-0.39, 0.29) is 5.91 Å². The van der Waals surface area contributed by atoms with E-state index in [2.05, 4.69) is 27.0 Å². The molecule has 0 bridgehead atoms. The Bertz CT molecular complexity index is 748. The standard InChI is InChI=1S/C18H24N4OS/c1-12-6-7-13-14(11-24-15(13)9-12)18(23)19-10-17-21-20-16-5-3-2-4-8-22(16)17/h11-12H,2-10H2,1H3,(H,19,23)/t12-/m1/s1. The molecular formula is C18H24N4OS. The summed E-state index contributed by atoms with van der Waals surface area (Å²) in [5, 5.41) is 13.7. The summed E-state index contributed by atoms with van der Waals surface area (Å²) < 4.78 is 2.19. The van der Waals surface area contributed by atoms with Crippen LogP contribution in [0.1, 0.15) is 65.1 Å². The number of carbonyl (C=O) groups excluding carboxylic acids is 1. The highest BCUT2D eigenvalue weighted by Gasteiger charge is 2.23. The van der Waals surface area contributed by atoms with E-state index >= 15 is 0 Å². The summed E-state index contributed by atoms with van der Waals surface area (Å²) in [4.78, 5) is 14.0. The molecule has 0 spiro atoms. The van der Waals surface area contributed by atoms with Crippen LogP contribution in [0.3, 0.4) is 0 Å². The number of rotatable bonds is 3. The zero-order valence-electron chi connectivity index (χ0n) is 14.2. The first-order chi connectivity index (χ1) is 11.7. The van der Waals surface area contributed by atoms with Crippen molar-refractivity contribution in [2.24, 2.45) is 5.92 Å². The Morgan fingerprint density at radius 3 is 3.17 bits per heavy atom. The quantitative estimate of drug-likeness (QED) is 0.931. The van der Waals surface area contributed by atoms with Crippen molar-refractivity contribution < 1.29 is 4.79 Å². The van der Waals surface area contributed by atoms with Gasteiger partial charge in [-0.05, 0) is 43.6 Å². The number of aromatic nitrogens is 3. The van der Waals surface area contributed by atoms with Crippen LogP contribution in [0.2, 0.25) is 0 Å². The minimum atomic E-state index is 0.0352. The number of aryl methyl sites for hydroxylation is 1. The average Bonchev–Trinajstić information content (AvgIpc) is 3.09. The summed E-state index contributed by atoms with van der Waals surface area (Å²) in [6.07, 6.45) is 7.92. The van der Waals surface area contributed by atoms with Crippen LogP contribution in [-0.4, -0.2) is 20.7 Å². The molecule has 1 aliphatic carbocycles. The van der Waals surface area contributed by atoms with Gasteiger partial charge in [-0.25, -0.2) is 0 Å². The van der Waals surface area contributed by atoms with E-state index in [1.165, 1.54) is 36.1 Å². The molecule has 0 aromatic carbocycles. The second-order valence-corrected chi connectivity index (χ2v) is 8.04. The molecule has 0 fully saturated rings. The van der Waals surface area contributed by atoms with Gasteiger partial charge in [0.1, 0.15) is 5.82 Å². The van der Waals surface area contributed by atoms with Gasteiger partial charge in [-0.3, -0.25) is 4.79 Å². The number of hydrogen-bond donors (Lipinski definition) is 1. The van der Waals surface area contributed by atoms with Crippen LogP contribution >= 0.6 is 11.3 Å². The molecule has 1 amide bonds. The molecule has 0 radical (unpaired) electrons. The van der Waals surface area contributed by atoms with Crippen molar-refractivity contribution in [3.8, 4) is 0 Å². The first-order valence-electron chi connectivity index (χ1n) is 9.00. The second-order valence-electron chi connectivity index (χ2n) is 7.08. The fraction of sp³-hybridized carbons (Fsp3) is 0.611. The second kappa shape index (κ2) is 6.67. The van der Waals surface area contributed by atoms with Crippen LogP contribution < -0.4 is 5.32 Å². The molecule has 24 heavy (non-hydrogen) atoms. The highest BCUT2D eigenvalue weighted by atomic mass is 32.1. The number of amides is 1. The highest BCUT2D eigenvalue weighted by molar-refractivity contribution is 7.10. The fourth-order valence-corrected chi connectivity index (χ4v) is 5.04. The topological polar surface area (TPSA) is 59.8 Å². The molecule has 0 unspecified atom stereocenters. The van der Waals surface area contributed by atoms with Crippen molar-refractivity contribution >= 4 is 17.2 Å². The molecule has 6 heteroatoms. The molecule has 0 saturated carbocycles. The zero-order chi connectivity index (χ0) is 16.5. The van der Waals surface area contributed by atoms with Crippen LogP contribution in [0.4, 0.5) is 0 Å². The van der Waals surface area contributed by atoms with Gasteiger partial charge in [-0.1, -0.05) is 13.3 Å². The maximum absolute atomic E-state index is 12.6. The Morgan fingerprint density at radius 1 is 1.33 bits per heavy atom.